The van der Waals surface area contributed by atoms with Gasteiger partial charge in [-0.1, -0.05) is 30.3 Å². The summed E-state index contributed by atoms with van der Waals surface area (Å²) in [6.45, 7) is 2.04. The average Bonchev–Trinajstić information content (AvgIpc) is 2.56. The summed E-state index contributed by atoms with van der Waals surface area (Å²) in [6, 6.07) is 16.6. The lowest BCUT2D eigenvalue weighted by Crippen LogP contribution is -2.45. The van der Waals surface area contributed by atoms with E-state index in [9.17, 15) is 9.59 Å². The van der Waals surface area contributed by atoms with E-state index >= 15 is 0 Å². The number of fused-ring (bicyclic) bond motifs is 1. The zero-order chi connectivity index (χ0) is 16.2. The van der Waals surface area contributed by atoms with Gasteiger partial charge in [-0.25, -0.2) is 0 Å². The van der Waals surface area contributed by atoms with Crippen LogP contribution in [0.15, 0.2) is 54.6 Å². The maximum atomic E-state index is 12.3. The Bertz CT molecular complexity index is 715. The second kappa shape index (κ2) is 6.52. The van der Waals surface area contributed by atoms with Crippen LogP contribution in [0.3, 0.4) is 0 Å². The number of hydrogen-bond donors (Lipinski definition) is 1. The van der Waals surface area contributed by atoms with E-state index in [1.165, 1.54) is 0 Å². The molecule has 0 aromatic heterocycles. The number of amides is 2. The van der Waals surface area contributed by atoms with E-state index in [4.69, 9.17) is 4.74 Å². The number of benzene rings is 2. The molecular formula is C18H18N2O3. The van der Waals surface area contributed by atoms with Crippen molar-refractivity contribution in [2.75, 3.05) is 16.8 Å². The molecule has 1 atom stereocenters. The molecular weight excluding hydrogens is 292 g/mol. The Morgan fingerprint density at radius 2 is 1.83 bits per heavy atom. The van der Waals surface area contributed by atoms with Crippen LogP contribution in [-0.2, 0) is 9.59 Å². The first kappa shape index (κ1) is 15.1. The van der Waals surface area contributed by atoms with Gasteiger partial charge in [-0.05, 0) is 31.2 Å². The monoisotopic (exact) mass is 310 g/mol. The Hall–Kier alpha value is -2.82. The quantitative estimate of drug-likeness (QED) is 0.944. The molecule has 5 nitrogen and oxygen atoms in total. The average molecular weight is 310 g/mol. The van der Waals surface area contributed by atoms with Crippen LogP contribution in [0.5, 0.6) is 5.75 Å². The number of nitrogens with zero attached hydrogens (tertiary/aromatic N) is 1. The van der Waals surface area contributed by atoms with Crippen LogP contribution in [0.4, 0.5) is 11.4 Å². The van der Waals surface area contributed by atoms with Crippen LogP contribution in [0.1, 0.15) is 13.3 Å². The molecule has 0 radical (unpaired) electrons. The van der Waals surface area contributed by atoms with E-state index in [1.807, 2.05) is 54.6 Å². The predicted octanol–water partition coefficient (Wildman–Crippen LogP) is 2.83. The zero-order valence-electron chi connectivity index (χ0n) is 12.9. The van der Waals surface area contributed by atoms with Crippen LogP contribution >= 0.6 is 0 Å². The fourth-order valence-corrected chi connectivity index (χ4v) is 2.55. The van der Waals surface area contributed by atoms with Crippen LogP contribution in [-0.4, -0.2) is 24.5 Å². The van der Waals surface area contributed by atoms with E-state index in [0.717, 1.165) is 5.69 Å². The summed E-state index contributed by atoms with van der Waals surface area (Å²) in [5, 5.41) is 2.82. The first-order chi connectivity index (χ1) is 11.1. The molecule has 2 amide bonds. The van der Waals surface area contributed by atoms with Crippen molar-refractivity contribution in [2.45, 2.75) is 19.4 Å². The van der Waals surface area contributed by atoms with Gasteiger partial charge in [0.1, 0.15) is 5.75 Å². The summed E-state index contributed by atoms with van der Waals surface area (Å²) < 4.78 is 5.58. The van der Waals surface area contributed by atoms with E-state index in [0.29, 0.717) is 18.0 Å². The largest absolute Gasteiger partial charge is 0.479 e. The number of nitrogens with one attached hydrogen (secondary N) is 1. The second-order valence-electron chi connectivity index (χ2n) is 5.38. The minimum absolute atomic E-state index is 0.124. The number of anilines is 2. The molecule has 0 saturated carbocycles. The number of ether oxygens (including phenoxy) is 1. The van der Waals surface area contributed by atoms with Gasteiger partial charge in [-0.15, -0.1) is 0 Å². The molecule has 2 aromatic carbocycles. The molecule has 0 aliphatic carbocycles. The van der Waals surface area contributed by atoms with E-state index < -0.39 is 6.10 Å². The Labute approximate surface area is 134 Å². The standard InChI is InChI=1S/C18H18N2O3/c1-13-18(22)20(15-9-5-6-10-16(15)23-13)12-11-17(21)19-14-7-3-2-4-8-14/h2-10,13H,11-12H2,1H3,(H,19,21). The lowest BCUT2D eigenvalue weighted by molar-refractivity contribution is -0.125. The molecule has 1 unspecified atom stereocenters. The summed E-state index contributed by atoms with van der Waals surface area (Å²) in [5.74, 6) is 0.417. The van der Waals surface area contributed by atoms with Gasteiger partial charge in [-0.3, -0.25) is 9.59 Å². The minimum Gasteiger partial charge on any atom is -0.479 e. The number of carbonyl (C=O) groups excluding carboxylic acids is 2. The van der Waals surface area contributed by atoms with Crippen molar-refractivity contribution in [2.24, 2.45) is 0 Å². The van der Waals surface area contributed by atoms with E-state index in [1.54, 1.807) is 11.8 Å². The maximum Gasteiger partial charge on any atom is 0.267 e. The predicted molar refractivity (Wildman–Crippen MR) is 88.6 cm³/mol. The summed E-state index contributed by atoms with van der Waals surface area (Å²) in [7, 11) is 0. The fraction of sp³-hybridized carbons (Fsp3) is 0.222. The highest BCUT2D eigenvalue weighted by atomic mass is 16.5. The lowest BCUT2D eigenvalue weighted by atomic mass is 10.1. The molecule has 0 saturated heterocycles. The lowest BCUT2D eigenvalue weighted by Gasteiger charge is -2.32. The van der Waals surface area contributed by atoms with Gasteiger partial charge in [0.2, 0.25) is 5.91 Å². The summed E-state index contributed by atoms with van der Waals surface area (Å²) in [4.78, 5) is 26.0. The second-order valence-corrected chi connectivity index (χ2v) is 5.38. The Morgan fingerprint density at radius 1 is 1.13 bits per heavy atom. The van der Waals surface area contributed by atoms with Crippen molar-refractivity contribution >= 4 is 23.2 Å². The van der Waals surface area contributed by atoms with Gasteiger partial charge in [0.05, 0.1) is 5.69 Å². The molecule has 5 heteroatoms. The van der Waals surface area contributed by atoms with Crippen LogP contribution < -0.4 is 15.0 Å². The summed E-state index contributed by atoms with van der Waals surface area (Å²) >= 11 is 0. The smallest absolute Gasteiger partial charge is 0.267 e. The molecule has 118 valence electrons. The first-order valence-electron chi connectivity index (χ1n) is 7.57. The Morgan fingerprint density at radius 3 is 2.61 bits per heavy atom. The highest BCUT2D eigenvalue weighted by molar-refractivity contribution is 6.00. The summed E-state index contributed by atoms with van der Waals surface area (Å²) in [6.07, 6.45) is -0.316. The number of rotatable bonds is 4. The van der Waals surface area contributed by atoms with Gasteiger partial charge in [0.15, 0.2) is 6.10 Å². The highest BCUT2D eigenvalue weighted by Gasteiger charge is 2.31. The van der Waals surface area contributed by atoms with Crippen molar-refractivity contribution in [3.05, 3.63) is 54.6 Å². The molecule has 0 bridgehead atoms. The third-order valence-corrected chi connectivity index (χ3v) is 3.69. The van der Waals surface area contributed by atoms with Crippen molar-refractivity contribution in [3.8, 4) is 5.75 Å². The van der Waals surface area contributed by atoms with Gasteiger partial charge in [0.25, 0.3) is 5.91 Å². The van der Waals surface area contributed by atoms with Crippen LogP contribution in [0.25, 0.3) is 0 Å². The molecule has 23 heavy (non-hydrogen) atoms. The van der Waals surface area contributed by atoms with Gasteiger partial charge < -0.3 is 15.0 Å². The SMILES string of the molecule is CC1Oc2ccccc2N(CCC(=O)Nc2ccccc2)C1=O. The van der Waals surface area contributed by atoms with Crippen LogP contribution in [0, 0.1) is 0 Å². The molecule has 1 aliphatic rings. The normalized spacial score (nSPS) is 16.5. The fourth-order valence-electron chi connectivity index (χ4n) is 2.55. The van der Waals surface area contributed by atoms with Gasteiger partial charge in [-0.2, -0.15) is 0 Å². The summed E-state index contributed by atoms with van der Waals surface area (Å²) in [5.41, 5.74) is 1.46. The number of carbonyl (C=O) groups is 2. The first-order valence-corrected chi connectivity index (χ1v) is 7.57. The maximum absolute atomic E-state index is 12.3. The number of para-hydroxylation sites is 3. The van der Waals surface area contributed by atoms with Crippen LogP contribution in [0.2, 0.25) is 0 Å². The molecule has 1 N–H and O–H groups in total. The van der Waals surface area contributed by atoms with Gasteiger partial charge >= 0.3 is 0 Å². The molecule has 0 fully saturated rings. The van der Waals surface area contributed by atoms with E-state index in [2.05, 4.69) is 5.32 Å². The minimum atomic E-state index is -0.540. The Kier molecular flexibility index (Phi) is 4.28. The Balaban J connectivity index is 1.67. The van der Waals surface area contributed by atoms with E-state index in [-0.39, 0.29) is 18.2 Å². The zero-order valence-corrected chi connectivity index (χ0v) is 12.9. The highest BCUT2D eigenvalue weighted by Crippen LogP contribution is 2.33. The molecule has 1 heterocycles. The van der Waals surface area contributed by atoms with Crippen molar-refractivity contribution in [1.82, 2.24) is 0 Å². The number of hydrogen-bond acceptors (Lipinski definition) is 3. The third-order valence-electron chi connectivity index (χ3n) is 3.69. The third kappa shape index (κ3) is 3.34. The van der Waals surface area contributed by atoms with Crippen molar-refractivity contribution < 1.29 is 14.3 Å². The topological polar surface area (TPSA) is 58.6 Å². The molecule has 0 spiro atoms. The van der Waals surface area contributed by atoms with Gasteiger partial charge in [0, 0.05) is 18.7 Å². The molecule has 1 aliphatic heterocycles. The van der Waals surface area contributed by atoms with Crippen molar-refractivity contribution in [3.63, 3.8) is 0 Å². The molecule has 3 rings (SSSR count). The van der Waals surface area contributed by atoms with Crippen molar-refractivity contribution in [1.29, 1.82) is 0 Å². The molecule has 2 aromatic rings.